The molecule has 66 valence electrons. The van der Waals surface area contributed by atoms with Crippen molar-refractivity contribution in [3.05, 3.63) is 30.1 Å². The second-order valence-corrected chi connectivity index (χ2v) is 2.92. The quantitative estimate of drug-likeness (QED) is 0.622. The summed E-state index contributed by atoms with van der Waals surface area (Å²) in [6.45, 7) is 0. The Balaban J connectivity index is 2.28. The first-order valence-electron chi connectivity index (χ1n) is 3.99. The molecule has 1 aromatic rings. The van der Waals surface area contributed by atoms with E-state index in [9.17, 15) is 9.59 Å². The van der Waals surface area contributed by atoms with Crippen molar-refractivity contribution in [2.24, 2.45) is 0 Å². The predicted molar refractivity (Wildman–Crippen MR) is 44.7 cm³/mol. The van der Waals surface area contributed by atoms with Crippen LogP contribution in [0, 0.1) is 0 Å². The smallest absolute Gasteiger partial charge is 0.228 e. The lowest BCUT2D eigenvalue weighted by molar-refractivity contribution is -0.122. The Morgan fingerprint density at radius 2 is 2.00 bits per heavy atom. The molecule has 0 radical (unpaired) electrons. The molecule has 2 rings (SSSR count). The molecular weight excluding hydrogens is 168 g/mol. The summed E-state index contributed by atoms with van der Waals surface area (Å²) in [4.78, 5) is 26.0. The van der Waals surface area contributed by atoms with Crippen LogP contribution >= 0.6 is 0 Å². The first-order valence-corrected chi connectivity index (χ1v) is 3.99. The highest BCUT2D eigenvalue weighted by Crippen LogP contribution is 2.19. The maximum atomic E-state index is 11.3. The summed E-state index contributed by atoms with van der Waals surface area (Å²) >= 11 is 0. The van der Waals surface area contributed by atoms with Gasteiger partial charge < -0.3 is 5.32 Å². The van der Waals surface area contributed by atoms with Gasteiger partial charge in [-0.1, -0.05) is 0 Å². The Hall–Kier alpha value is -1.71. The van der Waals surface area contributed by atoms with Gasteiger partial charge in [0.15, 0.2) is 5.78 Å². The Morgan fingerprint density at radius 3 is 2.54 bits per heavy atom. The summed E-state index contributed by atoms with van der Waals surface area (Å²) in [5.74, 6) is -0.275. The van der Waals surface area contributed by atoms with E-state index in [1.807, 2.05) is 0 Å². The molecule has 4 heteroatoms. The van der Waals surface area contributed by atoms with Gasteiger partial charge >= 0.3 is 0 Å². The van der Waals surface area contributed by atoms with Crippen molar-refractivity contribution in [1.82, 2.24) is 10.3 Å². The summed E-state index contributed by atoms with van der Waals surface area (Å²) < 4.78 is 0. The third kappa shape index (κ3) is 1.42. The lowest BCUT2D eigenvalue weighted by Gasteiger charge is -2.07. The minimum Gasteiger partial charge on any atom is -0.342 e. The first-order chi connectivity index (χ1) is 6.27. The summed E-state index contributed by atoms with van der Waals surface area (Å²) in [5.41, 5.74) is 0.797. The average molecular weight is 176 g/mol. The molecule has 0 saturated carbocycles. The van der Waals surface area contributed by atoms with Gasteiger partial charge in [-0.05, 0) is 17.7 Å². The predicted octanol–water partition coefficient (Wildman–Crippen LogP) is 0.212. The molecule has 1 saturated heterocycles. The normalized spacial score (nSPS) is 21.7. The molecule has 1 aliphatic heterocycles. The zero-order valence-corrected chi connectivity index (χ0v) is 6.86. The van der Waals surface area contributed by atoms with E-state index in [1.165, 1.54) is 0 Å². The number of nitrogens with one attached hydrogen (secondary N) is 1. The van der Waals surface area contributed by atoms with Crippen LogP contribution in [-0.2, 0) is 9.59 Å². The van der Waals surface area contributed by atoms with Crippen LogP contribution in [0.2, 0.25) is 0 Å². The number of hydrogen-bond donors (Lipinski definition) is 1. The molecule has 1 unspecified atom stereocenters. The Morgan fingerprint density at radius 1 is 1.31 bits per heavy atom. The van der Waals surface area contributed by atoms with Gasteiger partial charge in [0.05, 0.1) is 6.42 Å². The number of amides is 1. The first kappa shape index (κ1) is 7.91. The Labute approximate surface area is 75.0 Å². The molecule has 0 aromatic carbocycles. The highest BCUT2D eigenvalue weighted by atomic mass is 16.2. The third-order valence-corrected chi connectivity index (χ3v) is 2.00. The molecule has 1 aromatic heterocycles. The second kappa shape index (κ2) is 2.97. The molecule has 1 atom stereocenters. The maximum absolute atomic E-state index is 11.3. The number of ketones is 1. The molecule has 13 heavy (non-hydrogen) atoms. The zero-order valence-electron chi connectivity index (χ0n) is 6.86. The van der Waals surface area contributed by atoms with Crippen LogP contribution in [-0.4, -0.2) is 16.7 Å². The third-order valence-electron chi connectivity index (χ3n) is 2.00. The SMILES string of the molecule is O=C1CC(=O)C(c2ccncc2)N1. The van der Waals surface area contributed by atoms with Gasteiger partial charge in [-0.3, -0.25) is 14.6 Å². The van der Waals surface area contributed by atoms with E-state index in [1.54, 1.807) is 24.5 Å². The molecular formula is C9H8N2O2. The maximum Gasteiger partial charge on any atom is 0.228 e. The molecule has 1 aliphatic rings. The van der Waals surface area contributed by atoms with Crippen molar-refractivity contribution in [1.29, 1.82) is 0 Å². The average Bonchev–Trinajstić information content (AvgIpc) is 2.47. The molecule has 0 aliphatic carbocycles. The molecule has 1 fully saturated rings. The molecule has 0 bridgehead atoms. The Kier molecular flexibility index (Phi) is 1.81. The highest BCUT2D eigenvalue weighted by Gasteiger charge is 2.30. The van der Waals surface area contributed by atoms with Crippen LogP contribution in [0.4, 0.5) is 0 Å². The number of Topliss-reactive ketones (excluding diaryl/α,β-unsaturated/α-hetero) is 1. The lowest BCUT2D eigenvalue weighted by atomic mass is 10.1. The largest absolute Gasteiger partial charge is 0.342 e. The zero-order chi connectivity index (χ0) is 9.26. The van der Waals surface area contributed by atoms with Crippen molar-refractivity contribution in [2.45, 2.75) is 12.5 Å². The van der Waals surface area contributed by atoms with Gasteiger partial charge in [-0.25, -0.2) is 0 Å². The van der Waals surface area contributed by atoms with E-state index >= 15 is 0 Å². The van der Waals surface area contributed by atoms with E-state index in [4.69, 9.17) is 0 Å². The van der Waals surface area contributed by atoms with E-state index in [0.717, 1.165) is 5.56 Å². The number of pyridine rings is 1. The topological polar surface area (TPSA) is 59.1 Å². The summed E-state index contributed by atoms with van der Waals surface area (Å²) in [6, 6.07) is 3.00. The van der Waals surface area contributed by atoms with Gasteiger partial charge in [0, 0.05) is 12.4 Å². The number of carbonyl (C=O) groups is 2. The summed E-state index contributed by atoms with van der Waals surface area (Å²) in [6.07, 6.45) is 3.20. The molecule has 1 amide bonds. The molecule has 4 nitrogen and oxygen atoms in total. The monoisotopic (exact) mass is 176 g/mol. The van der Waals surface area contributed by atoms with Crippen LogP contribution in [0.3, 0.4) is 0 Å². The fraction of sp³-hybridized carbons (Fsp3) is 0.222. The molecule has 1 N–H and O–H groups in total. The van der Waals surface area contributed by atoms with Gasteiger partial charge in [0.25, 0.3) is 0 Å². The van der Waals surface area contributed by atoms with Gasteiger partial charge in [-0.15, -0.1) is 0 Å². The van der Waals surface area contributed by atoms with Gasteiger partial charge in [0.2, 0.25) is 5.91 Å². The second-order valence-electron chi connectivity index (χ2n) is 2.92. The Bertz CT molecular complexity index is 348. The van der Waals surface area contributed by atoms with Crippen LogP contribution in [0.1, 0.15) is 18.0 Å². The van der Waals surface area contributed by atoms with Crippen molar-refractivity contribution in [3.63, 3.8) is 0 Å². The van der Waals surface area contributed by atoms with Crippen LogP contribution < -0.4 is 5.32 Å². The number of rotatable bonds is 1. The van der Waals surface area contributed by atoms with E-state index in [-0.39, 0.29) is 18.1 Å². The van der Waals surface area contributed by atoms with Crippen LogP contribution in [0.5, 0.6) is 0 Å². The van der Waals surface area contributed by atoms with Crippen LogP contribution in [0.15, 0.2) is 24.5 Å². The van der Waals surface area contributed by atoms with E-state index in [0.29, 0.717) is 0 Å². The lowest BCUT2D eigenvalue weighted by Crippen LogP contribution is -2.20. The summed E-state index contributed by atoms with van der Waals surface area (Å²) in [5, 5.41) is 2.60. The van der Waals surface area contributed by atoms with Crippen molar-refractivity contribution < 1.29 is 9.59 Å². The standard InChI is InChI=1S/C9H8N2O2/c12-7-5-8(13)11-9(7)6-1-3-10-4-2-6/h1-4,9H,5H2,(H,11,13). The molecule has 2 heterocycles. The minimum atomic E-state index is -0.463. The fourth-order valence-electron chi connectivity index (χ4n) is 1.38. The fourth-order valence-corrected chi connectivity index (χ4v) is 1.38. The number of carbonyl (C=O) groups excluding carboxylic acids is 2. The minimum absolute atomic E-state index is 0.00695. The van der Waals surface area contributed by atoms with Crippen molar-refractivity contribution in [2.75, 3.05) is 0 Å². The van der Waals surface area contributed by atoms with Crippen molar-refractivity contribution >= 4 is 11.7 Å². The van der Waals surface area contributed by atoms with Gasteiger partial charge in [-0.2, -0.15) is 0 Å². The molecule has 0 spiro atoms. The number of hydrogen-bond acceptors (Lipinski definition) is 3. The highest BCUT2D eigenvalue weighted by molar-refractivity contribution is 6.07. The van der Waals surface area contributed by atoms with E-state index < -0.39 is 6.04 Å². The van der Waals surface area contributed by atoms with Crippen LogP contribution in [0.25, 0.3) is 0 Å². The van der Waals surface area contributed by atoms with Crippen molar-refractivity contribution in [3.8, 4) is 0 Å². The summed E-state index contributed by atoms with van der Waals surface area (Å²) in [7, 11) is 0. The number of nitrogens with zero attached hydrogens (tertiary/aromatic N) is 1. The van der Waals surface area contributed by atoms with E-state index in [2.05, 4.69) is 10.3 Å². The van der Waals surface area contributed by atoms with Gasteiger partial charge in [0.1, 0.15) is 6.04 Å². The number of aromatic nitrogens is 1.